The van der Waals surface area contributed by atoms with Crippen LogP contribution >= 0.6 is 0 Å². The summed E-state index contributed by atoms with van der Waals surface area (Å²) >= 11 is 0. The van der Waals surface area contributed by atoms with Crippen LogP contribution in [0.3, 0.4) is 0 Å². The molecule has 1 amide bonds. The maximum atomic E-state index is 12.6. The third kappa shape index (κ3) is 4.09. The summed E-state index contributed by atoms with van der Waals surface area (Å²) in [5.41, 5.74) is 3.52. The molecule has 1 aliphatic heterocycles. The molecule has 4 aromatic heterocycles. The minimum absolute atomic E-state index is 0.0561. The zero-order valence-corrected chi connectivity index (χ0v) is 18.1. The molecule has 0 spiro atoms. The van der Waals surface area contributed by atoms with Crippen molar-refractivity contribution in [3.63, 3.8) is 0 Å². The van der Waals surface area contributed by atoms with Crippen molar-refractivity contribution in [2.75, 3.05) is 13.6 Å². The van der Waals surface area contributed by atoms with E-state index in [9.17, 15) is 4.79 Å². The second-order valence-electron chi connectivity index (χ2n) is 8.36. The number of nitrogens with zero attached hydrogens (tertiary/aromatic N) is 6. The monoisotopic (exact) mass is 427 g/mol. The van der Waals surface area contributed by atoms with Gasteiger partial charge in [-0.1, -0.05) is 0 Å². The number of carbonyl (C=O) groups is 1. The Morgan fingerprint density at radius 2 is 1.88 bits per heavy atom. The summed E-state index contributed by atoms with van der Waals surface area (Å²) < 4.78 is 1.77. The van der Waals surface area contributed by atoms with E-state index in [2.05, 4.69) is 44.5 Å². The fraction of sp³-hybridized carbons (Fsp3) is 0.292. The number of rotatable bonds is 4. The first kappa shape index (κ1) is 20.3. The topological polar surface area (TPSA) is 88.8 Å². The van der Waals surface area contributed by atoms with Crippen LogP contribution in [0.5, 0.6) is 0 Å². The van der Waals surface area contributed by atoms with Gasteiger partial charge in [0.1, 0.15) is 0 Å². The first-order valence-corrected chi connectivity index (χ1v) is 10.7. The van der Waals surface area contributed by atoms with Crippen LogP contribution in [-0.2, 0) is 7.05 Å². The predicted molar refractivity (Wildman–Crippen MR) is 122 cm³/mol. The Morgan fingerprint density at radius 1 is 1.06 bits per heavy atom. The number of piperidine rings is 1. The van der Waals surface area contributed by atoms with Crippen LogP contribution in [0.1, 0.15) is 34.9 Å². The molecule has 5 heterocycles. The van der Waals surface area contributed by atoms with Crippen molar-refractivity contribution in [1.82, 2.24) is 34.9 Å². The summed E-state index contributed by atoms with van der Waals surface area (Å²) in [4.78, 5) is 28.2. The van der Waals surface area contributed by atoms with Gasteiger partial charge in [-0.25, -0.2) is 0 Å². The van der Waals surface area contributed by atoms with Gasteiger partial charge in [0.05, 0.1) is 23.6 Å². The second kappa shape index (κ2) is 8.47. The Kier molecular flexibility index (Phi) is 5.36. The first-order valence-electron chi connectivity index (χ1n) is 10.7. The molecule has 0 bridgehead atoms. The molecule has 0 aromatic carbocycles. The van der Waals surface area contributed by atoms with Crippen molar-refractivity contribution in [2.24, 2.45) is 7.05 Å². The van der Waals surface area contributed by atoms with E-state index in [1.807, 2.05) is 31.8 Å². The largest absolute Gasteiger partial charge is 0.349 e. The fourth-order valence-corrected chi connectivity index (χ4v) is 4.28. The molecule has 5 rings (SSSR count). The van der Waals surface area contributed by atoms with Gasteiger partial charge in [-0.15, -0.1) is 0 Å². The summed E-state index contributed by atoms with van der Waals surface area (Å²) in [6.45, 7) is 0.892. The number of likely N-dealkylation sites (tertiary alicyclic amines) is 1. The SMILES string of the molecule is CN1CCC(NC(=O)c2ccncc2)CC1c1cc2cc(-c3cnn(C)c3)ncc2cn1. The number of aryl methyl sites for hydroxylation is 1. The van der Waals surface area contributed by atoms with E-state index >= 15 is 0 Å². The lowest BCUT2D eigenvalue weighted by molar-refractivity contribution is 0.0886. The van der Waals surface area contributed by atoms with E-state index in [0.29, 0.717) is 5.56 Å². The molecule has 4 aromatic rings. The van der Waals surface area contributed by atoms with Crippen LogP contribution in [0.25, 0.3) is 22.0 Å². The van der Waals surface area contributed by atoms with Gasteiger partial charge in [0, 0.05) is 67.1 Å². The van der Waals surface area contributed by atoms with E-state index in [0.717, 1.165) is 47.1 Å². The number of aromatic nitrogens is 5. The van der Waals surface area contributed by atoms with E-state index in [1.54, 1.807) is 29.2 Å². The van der Waals surface area contributed by atoms with Crippen LogP contribution < -0.4 is 5.32 Å². The summed E-state index contributed by atoms with van der Waals surface area (Å²) in [6, 6.07) is 7.93. The van der Waals surface area contributed by atoms with E-state index < -0.39 is 0 Å². The Labute approximate surface area is 186 Å². The molecular formula is C24H25N7O. The van der Waals surface area contributed by atoms with Crippen LogP contribution in [0.15, 0.2) is 61.4 Å². The van der Waals surface area contributed by atoms with Crippen molar-refractivity contribution in [2.45, 2.75) is 24.9 Å². The van der Waals surface area contributed by atoms with Crippen LogP contribution in [0.2, 0.25) is 0 Å². The number of carbonyl (C=O) groups excluding carboxylic acids is 1. The molecular weight excluding hydrogens is 402 g/mol. The third-order valence-electron chi connectivity index (χ3n) is 6.11. The summed E-state index contributed by atoms with van der Waals surface area (Å²) in [5.74, 6) is -0.0561. The molecule has 32 heavy (non-hydrogen) atoms. The Morgan fingerprint density at radius 3 is 2.66 bits per heavy atom. The standard InChI is InChI=1S/C24H25N7O/c1-30-8-5-20(29-24(32)16-3-6-25-7-4-16)11-23(30)22-10-17-9-21(19-14-28-31(2)15-19)26-12-18(17)13-27-22/h3-4,6-7,9-10,12-15,20,23H,5,8,11H2,1-2H3,(H,29,32). The lowest BCUT2D eigenvalue weighted by Gasteiger charge is -2.37. The average molecular weight is 428 g/mol. The van der Waals surface area contributed by atoms with Crippen molar-refractivity contribution in [1.29, 1.82) is 0 Å². The van der Waals surface area contributed by atoms with Gasteiger partial charge in [-0.3, -0.25) is 29.3 Å². The van der Waals surface area contributed by atoms with Gasteiger partial charge in [-0.05, 0) is 49.5 Å². The molecule has 2 atom stereocenters. The van der Waals surface area contributed by atoms with Crippen LogP contribution in [0.4, 0.5) is 0 Å². The van der Waals surface area contributed by atoms with Crippen LogP contribution in [0, 0.1) is 0 Å². The first-order chi connectivity index (χ1) is 15.6. The van der Waals surface area contributed by atoms with Crippen molar-refractivity contribution >= 4 is 16.7 Å². The second-order valence-corrected chi connectivity index (χ2v) is 8.36. The van der Waals surface area contributed by atoms with E-state index in [4.69, 9.17) is 4.98 Å². The maximum absolute atomic E-state index is 12.6. The molecule has 2 unspecified atom stereocenters. The van der Waals surface area contributed by atoms with Gasteiger partial charge >= 0.3 is 0 Å². The minimum Gasteiger partial charge on any atom is -0.349 e. The highest BCUT2D eigenvalue weighted by Crippen LogP contribution is 2.31. The number of hydrogen-bond donors (Lipinski definition) is 1. The highest BCUT2D eigenvalue weighted by Gasteiger charge is 2.29. The smallest absolute Gasteiger partial charge is 0.251 e. The Hall–Kier alpha value is -3.65. The number of amides is 1. The Balaban J connectivity index is 1.38. The lowest BCUT2D eigenvalue weighted by Crippen LogP contribution is -2.45. The van der Waals surface area contributed by atoms with Crippen molar-refractivity contribution in [3.8, 4) is 11.3 Å². The van der Waals surface area contributed by atoms with E-state index in [1.165, 1.54) is 0 Å². The molecule has 1 fully saturated rings. The lowest BCUT2D eigenvalue weighted by atomic mass is 9.94. The zero-order chi connectivity index (χ0) is 22.1. The molecule has 1 saturated heterocycles. The third-order valence-corrected chi connectivity index (χ3v) is 6.11. The van der Waals surface area contributed by atoms with Gasteiger partial charge in [0.25, 0.3) is 5.91 Å². The van der Waals surface area contributed by atoms with Gasteiger partial charge in [-0.2, -0.15) is 5.10 Å². The normalized spacial score (nSPS) is 19.2. The predicted octanol–water partition coefficient (Wildman–Crippen LogP) is 2.99. The van der Waals surface area contributed by atoms with Crippen molar-refractivity contribution in [3.05, 3.63) is 72.7 Å². The molecule has 1 aliphatic rings. The summed E-state index contributed by atoms with van der Waals surface area (Å²) in [6.07, 6.45) is 12.5. The summed E-state index contributed by atoms with van der Waals surface area (Å²) in [5, 5.41) is 9.53. The zero-order valence-electron chi connectivity index (χ0n) is 18.1. The highest BCUT2D eigenvalue weighted by molar-refractivity contribution is 5.94. The molecule has 8 nitrogen and oxygen atoms in total. The molecule has 0 aliphatic carbocycles. The number of nitrogens with one attached hydrogen (secondary N) is 1. The molecule has 0 radical (unpaired) electrons. The van der Waals surface area contributed by atoms with Gasteiger partial charge < -0.3 is 5.32 Å². The summed E-state index contributed by atoms with van der Waals surface area (Å²) in [7, 11) is 4.01. The average Bonchev–Trinajstić information content (AvgIpc) is 3.26. The molecule has 0 saturated carbocycles. The van der Waals surface area contributed by atoms with Gasteiger partial charge in [0.15, 0.2) is 0 Å². The highest BCUT2D eigenvalue weighted by atomic mass is 16.1. The van der Waals surface area contributed by atoms with Crippen molar-refractivity contribution < 1.29 is 4.79 Å². The fourth-order valence-electron chi connectivity index (χ4n) is 4.28. The quantitative estimate of drug-likeness (QED) is 0.539. The molecule has 1 N–H and O–H groups in total. The molecule has 8 heteroatoms. The van der Waals surface area contributed by atoms with Gasteiger partial charge in [0.2, 0.25) is 0 Å². The Bertz CT molecular complexity index is 1250. The minimum atomic E-state index is -0.0561. The maximum Gasteiger partial charge on any atom is 0.251 e. The van der Waals surface area contributed by atoms with Crippen LogP contribution in [-0.4, -0.2) is 55.2 Å². The molecule has 162 valence electrons. The van der Waals surface area contributed by atoms with E-state index in [-0.39, 0.29) is 18.0 Å². The number of hydrogen-bond acceptors (Lipinski definition) is 6. The number of pyridine rings is 3. The number of fused-ring (bicyclic) bond motifs is 1.